The molecule has 1 aromatic rings. The molecule has 1 saturated heterocycles. The molecule has 0 spiro atoms. The van der Waals surface area contributed by atoms with Gasteiger partial charge in [0, 0.05) is 31.4 Å². The van der Waals surface area contributed by atoms with Crippen LogP contribution < -0.4 is 21.7 Å². The summed E-state index contributed by atoms with van der Waals surface area (Å²) in [6.07, 6.45) is 8.99. The third-order valence-corrected chi connectivity index (χ3v) is 5.27. The SMILES string of the molecule is NC(=O)N1CCCC[C@@H]1CNc1nc(C2=CNC3NCCC=C23)ncc1F. The van der Waals surface area contributed by atoms with Crippen LogP contribution in [0, 0.1) is 5.82 Å². The Morgan fingerprint density at radius 2 is 2.33 bits per heavy atom. The van der Waals surface area contributed by atoms with Crippen molar-refractivity contribution in [1.82, 2.24) is 25.5 Å². The molecule has 8 nitrogen and oxygen atoms in total. The zero-order valence-electron chi connectivity index (χ0n) is 15.0. The number of nitrogens with two attached hydrogens (primary N) is 1. The predicted octanol–water partition coefficient (Wildman–Crippen LogP) is 1.15. The van der Waals surface area contributed by atoms with Gasteiger partial charge in [-0.05, 0) is 31.3 Å². The summed E-state index contributed by atoms with van der Waals surface area (Å²) in [4.78, 5) is 21.8. The van der Waals surface area contributed by atoms with Gasteiger partial charge >= 0.3 is 6.03 Å². The number of rotatable bonds is 4. The average Bonchev–Trinajstić information content (AvgIpc) is 3.12. The monoisotopic (exact) mass is 373 g/mol. The zero-order valence-corrected chi connectivity index (χ0v) is 15.0. The number of nitrogens with one attached hydrogen (secondary N) is 3. The van der Waals surface area contributed by atoms with Gasteiger partial charge in [-0.3, -0.25) is 5.32 Å². The summed E-state index contributed by atoms with van der Waals surface area (Å²) in [6.45, 7) is 1.96. The molecule has 1 fully saturated rings. The number of aromatic nitrogens is 2. The number of fused-ring (bicyclic) bond motifs is 1. The minimum absolute atomic E-state index is 0.0592. The van der Waals surface area contributed by atoms with Crippen LogP contribution in [0.3, 0.4) is 0 Å². The summed E-state index contributed by atoms with van der Waals surface area (Å²) in [5.41, 5.74) is 7.41. The number of piperidine rings is 1. The predicted molar refractivity (Wildman–Crippen MR) is 100 cm³/mol. The molecule has 27 heavy (non-hydrogen) atoms. The van der Waals surface area contributed by atoms with Gasteiger partial charge in [-0.1, -0.05) is 6.08 Å². The lowest BCUT2D eigenvalue weighted by atomic mass is 10.0. The maximum Gasteiger partial charge on any atom is 0.315 e. The number of urea groups is 1. The molecule has 1 aromatic heterocycles. The number of hydrogen-bond acceptors (Lipinski definition) is 6. The van der Waals surface area contributed by atoms with E-state index in [0.29, 0.717) is 18.9 Å². The number of carbonyl (C=O) groups is 1. The molecular weight excluding hydrogens is 349 g/mol. The maximum atomic E-state index is 14.2. The number of hydrogen-bond donors (Lipinski definition) is 4. The Labute approximate surface area is 157 Å². The largest absolute Gasteiger partial charge is 0.371 e. The summed E-state index contributed by atoms with van der Waals surface area (Å²) in [5.74, 6) is 0.0991. The van der Waals surface area contributed by atoms with Crippen molar-refractivity contribution in [1.29, 1.82) is 0 Å². The van der Waals surface area contributed by atoms with Crippen LogP contribution in [-0.2, 0) is 0 Å². The lowest BCUT2D eigenvalue weighted by Crippen LogP contribution is -2.49. The Bertz CT molecular complexity index is 794. The number of anilines is 1. The van der Waals surface area contributed by atoms with Gasteiger partial charge in [0.15, 0.2) is 17.5 Å². The first-order chi connectivity index (χ1) is 13.1. The number of nitrogens with zero attached hydrogens (tertiary/aromatic N) is 3. The standard InChI is InChI=1S/C18H24FN7O/c19-14-10-24-16(13-9-23-15-12(13)5-3-6-21-15)25-17(14)22-8-11-4-1-2-7-26(11)18(20)27/h5,9-11,15,21,23H,1-4,6-8H2,(H2,20,27)(H,22,24,25)/t11-,15?/m1/s1. The molecule has 2 amide bonds. The van der Waals surface area contributed by atoms with E-state index in [1.165, 1.54) is 6.20 Å². The first-order valence-electron chi connectivity index (χ1n) is 9.36. The van der Waals surface area contributed by atoms with Crippen molar-refractivity contribution in [2.45, 2.75) is 37.9 Å². The molecule has 0 aromatic carbocycles. The van der Waals surface area contributed by atoms with Gasteiger partial charge in [-0.2, -0.15) is 0 Å². The Morgan fingerprint density at radius 1 is 1.44 bits per heavy atom. The van der Waals surface area contributed by atoms with Gasteiger partial charge in [-0.15, -0.1) is 0 Å². The smallest absolute Gasteiger partial charge is 0.315 e. The molecule has 2 atom stereocenters. The molecule has 3 aliphatic heterocycles. The van der Waals surface area contributed by atoms with Crippen LogP contribution in [0.4, 0.5) is 15.0 Å². The van der Waals surface area contributed by atoms with E-state index in [2.05, 4.69) is 32.0 Å². The van der Waals surface area contributed by atoms with Crippen molar-refractivity contribution < 1.29 is 9.18 Å². The first kappa shape index (κ1) is 17.7. The summed E-state index contributed by atoms with van der Waals surface area (Å²) >= 11 is 0. The number of amides is 2. The van der Waals surface area contributed by atoms with Gasteiger partial charge in [0.25, 0.3) is 0 Å². The van der Waals surface area contributed by atoms with E-state index in [-0.39, 0.29) is 18.0 Å². The van der Waals surface area contributed by atoms with Crippen molar-refractivity contribution in [3.8, 4) is 0 Å². The van der Waals surface area contributed by atoms with Gasteiger partial charge in [0.05, 0.1) is 12.2 Å². The highest BCUT2D eigenvalue weighted by molar-refractivity contribution is 5.79. The fourth-order valence-corrected chi connectivity index (χ4v) is 3.88. The van der Waals surface area contributed by atoms with Gasteiger partial charge in [0.2, 0.25) is 0 Å². The number of likely N-dealkylation sites (tertiary alicyclic amines) is 1. The highest BCUT2D eigenvalue weighted by Gasteiger charge is 2.28. The minimum atomic E-state index is -0.515. The summed E-state index contributed by atoms with van der Waals surface area (Å²) < 4.78 is 14.2. The zero-order chi connectivity index (χ0) is 18.8. The second kappa shape index (κ2) is 7.51. The van der Waals surface area contributed by atoms with Crippen molar-refractivity contribution in [3.05, 3.63) is 35.7 Å². The van der Waals surface area contributed by atoms with E-state index < -0.39 is 11.8 Å². The fourth-order valence-electron chi connectivity index (χ4n) is 3.88. The van der Waals surface area contributed by atoms with Crippen LogP contribution in [0.5, 0.6) is 0 Å². The Morgan fingerprint density at radius 3 is 3.19 bits per heavy atom. The lowest BCUT2D eigenvalue weighted by Gasteiger charge is -2.34. The van der Waals surface area contributed by atoms with Crippen LogP contribution in [0.15, 0.2) is 24.0 Å². The lowest BCUT2D eigenvalue weighted by molar-refractivity contribution is 0.164. The number of halogens is 1. The molecule has 4 rings (SSSR count). The Balaban J connectivity index is 1.50. The van der Waals surface area contributed by atoms with Crippen molar-refractivity contribution in [2.24, 2.45) is 5.73 Å². The summed E-state index contributed by atoms with van der Waals surface area (Å²) in [6, 6.07) is -0.494. The molecule has 4 heterocycles. The highest BCUT2D eigenvalue weighted by atomic mass is 19.1. The van der Waals surface area contributed by atoms with Gasteiger partial charge in [0.1, 0.15) is 6.17 Å². The average molecular weight is 373 g/mol. The molecule has 144 valence electrons. The Kier molecular flexibility index (Phi) is 4.93. The van der Waals surface area contributed by atoms with Crippen LogP contribution in [0.25, 0.3) is 5.57 Å². The number of carbonyl (C=O) groups excluding carboxylic acids is 1. The molecule has 9 heteroatoms. The second-order valence-corrected chi connectivity index (χ2v) is 7.01. The molecule has 0 saturated carbocycles. The summed E-state index contributed by atoms with van der Waals surface area (Å²) in [7, 11) is 0. The molecular formula is C18H24FN7O. The van der Waals surface area contributed by atoms with Crippen LogP contribution in [-0.4, -0.2) is 52.7 Å². The van der Waals surface area contributed by atoms with Gasteiger partial charge < -0.3 is 21.3 Å². The third kappa shape index (κ3) is 3.59. The molecule has 0 bridgehead atoms. The fraction of sp³-hybridized carbons (Fsp3) is 0.500. The van der Waals surface area contributed by atoms with E-state index in [1.807, 2.05) is 6.20 Å². The van der Waals surface area contributed by atoms with E-state index in [4.69, 9.17) is 5.73 Å². The molecule has 1 unspecified atom stereocenters. The third-order valence-electron chi connectivity index (χ3n) is 5.27. The highest BCUT2D eigenvalue weighted by Crippen LogP contribution is 2.29. The maximum absolute atomic E-state index is 14.2. The normalized spacial score (nSPS) is 24.6. The molecule has 0 radical (unpaired) electrons. The molecule has 0 aliphatic carbocycles. The van der Waals surface area contributed by atoms with Gasteiger partial charge in [-0.25, -0.2) is 19.2 Å². The molecule has 3 aliphatic rings. The van der Waals surface area contributed by atoms with Crippen molar-refractivity contribution in [3.63, 3.8) is 0 Å². The summed E-state index contributed by atoms with van der Waals surface area (Å²) in [5, 5.41) is 9.66. The second-order valence-electron chi connectivity index (χ2n) is 7.01. The Hall–Kier alpha value is -2.68. The van der Waals surface area contributed by atoms with E-state index in [0.717, 1.165) is 43.4 Å². The van der Waals surface area contributed by atoms with Crippen molar-refractivity contribution >= 4 is 17.4 Å². The first-order valence-corrected chi connectivity index (χ1v) is 9.36. The van der Waals surface area contributed by atoms with Crippen molar-refractivity contribution in [2.75, 3.05) is 25.0 Å². The quantitative estimate of drug-likeness (QED) is 0.631. The van der Waals surface area contributed by atoms with E-state index in [9.17, 15) is 9.18 Å². The van der Waals surface area contributed by atoms with Crippen LogP contribution >= 0.6 is 0 Å². The topological polar surface area (TPSA) is 108 Å². The van der Waals surface area contributed by atoms with Crippen LogP contribution in [0.2, 0.25) is 0 Å². The molecule has 5 N–H and O–H groups in total. The minimum Gasteiger partial charge on any atom is -0.371 e. The van der Waals surface area contributed by atoms with E-state index >= 15 is 0 Å². The van der Waals surface area contributed by atoms with Crippen LogP contribution in [0.1, 0.15) is 31.5 Å². The number of primary amides is 1. The van der Waals surface area contributed by atoms with E-state index in [1.54, 1.807) is 4.90 Å².